The summed E-state index contributed by atoms with van der Waals surface area (Å²) in [6, 6.07) is 0. The molecule has 4 heteroatoms. The molecule has 0 spiro atoms. The third kappa shape index (κ3) is 0.972. The van der Waals surface area contributed by atoms with Crippen LogP contribution in [0.2, 0.25) is 0 Å². The van der Waals surface area contributed by atoms with Crippen LogP contribution in [0.5, 0.6) is 0 Å². The van der Waals surface area contributed by atoms with Gasteiger partial charge in [-0.05, 0) is 0 Å². The number of allylic oxidation sites excluding steroid dienone is 1. The molecule has 0 fully saturated rings. The molecular formula is C8H8N4. The maximum absolute atomic E-state index is 5.65. The Balaban J connectivity index is 2.60. The van der Waals surface area contributed by atoms with Gasteiger partial charge in [0.1, 0.15) is 12.2 Å². The number of hydrogen-bond donors (Lipinski definition) is 1. The molecule has 1 aromatic heterocycles. The van der Waals surface area contributed by atoms with Crippen LogP contribution >= 0.6 is 0 Å². The number of aromatic nitrogens is 2. The predicted octanol–water partition coefficient (Wildman–Crippen LogP) is 0.252. The lowest BCUT2D eigenvalue weighted by atomic mass is 10.1. The van der Waals surface area contributed by atoms with Crippen LogP contribution in [-0.4, -0.2) is 15.8 Å². The zero-order chi connectivity index (χ0) is 8.55. The van der Waals surface area contributed by atoms with Gasteiger partial charge >= 0.3 is 0 Å². The molecule has 12 heavy (non-hydrogen) atoms. The smallest absolute Gasteiger partial charge is 0.134 e. The van der Waals surface area contributed by atoms with Crippen molar-refractivity contribution < 1.29 is 0 Å². The van der Waals surface area contributed by atoms with E-state index in [1.165, 1.54) is 6.33 Å². The number of hydrogen-bond acceptors (Lipinski definition) is 4. The SMILES string of the molecule is C=C1Cc2ncncc2C(N)=N1. The second-order valence-corrected chi connectivity index (χ2v) is 2.62. The van der Waals surface area contributed by atoms with Crippen molar-refractivity contribution in [3.05, 3.63) is 36.1 Å². The fourth-order valence-corrected chi connectivity index (χ4v) is 1.17. The monoisotopic (exact) mass is 160 g/mol. The maximum Gasteiger partial charge on any atom is 0.134 e. The van der Waals surface area contributed by atoms with Gasteiger partial charge in [0.2, 0.25) is 0 Å². The summed E-state index contributed by atoms with van der Waals surface area (Å²) in [7, 11) is 0. The van der Waals surface area contributed by atoms with E-state index >= 15 is 0 Å². The fourth-order valence-electron chi connectivity index (χ4n) is 1.17. The third-order valence-electron chi connectivity index (χ3n) is 1.72. The molecule has 0 bridgehead atoms. The largest absolute Gasteiger partial charge is 0.383 e. The molecule has 0 radical (unpaired) electrons. The maximum atomic E-state index is 5.65. The van der Waals surface area contributed by atoms with Crippen molar-refractivity contribution in [2.24, 2.45) is 10.7 Å². The Morgan fingerprint density at radius 2 is 2.33 bits per heavy atom. The van der Waals surface area contributed by atoms with Crippen LogP contribution in [0.25, 0.3) is 0 Å². The second-order valence-electron chi connectivity index (χ2n) is 2.62. The van der Waals surface area contributed by atoms with Crippen LogP contribution in [0.4, 0.5) is 0 Å². The van der Waals surface area contributed by atoms with E-state index < -0.39 is 0 Å². The highest BCUT2D eigenvalue weighted by molar-refractivity contribution is 5.99. The number of amidine groups is 1. The summed E-state index contributed by atoms with van der Waals surface area (Å²) < 4.78 is 0. The second kappa shape index (κ2) is 2.41. The molecule has 1 aliphatic rings. The first-order valence-corrected chi connectivity index (χ1v) is 3.58. The quantitative estimate of drug-likeness (QED) is 0.591. The van der Waals surface area contributed by atoms with E-state index in [1.54, 1.807) is 6.20 Å². The van der Waals surface area contributed by atoms with Gasteiger partial charge in [0.05, 0.1) is 11.3 Å². The van der Waals surface area contributed by atoms with Gasteiger partial charge in [-0.2, -0.15) is 0 Å². The first kappa shape index (κ1) is 6.97. The average molecular weight is 160 g/mol. The van der Waals surface area contributed by atoms with Crippen LogP contribution in [0, 0.1) is 0 Å². The van der Waals surface area contributed by atoms with E-state index in [-0.39, 0.29) is 0 Å². The zero-order valence-corrected chi connectivity index (χ0v) is 6.49. The lowest BCUT2D eigenvalue weighted by molar-refractivity contribution is 0.969. The number of aliphatic imine (C=N–C) groups is 1. The summed E-state index contributed by atoms with van der Waals surface area (Å²) in [5.74, 6) is 0.460. The summed E-state index contributed by atoms with van der Waals surface area (Å²) in [6.07, 6.45) is 3.84. The highest BCUT2D eigenvalue weighted by Gasteiger charge is 2.14. The molecule has 0 amide bonds. The average Bonchev–Trinajstić information content (AvgIpc) is 2.04. The van der Waals surface area contributed by atoms with Crippen molar-refractivity contribution in [1.29, 1.82) is 0 Å². The third-order valence-corrected chi connectivity index (χ3v) is 1.72. The fraction of sp³-hybridized carbons (Fsp3) is 0.125. The molecule has 1 aromatic rings. The molecule has 2 rings (SSSR count). The summed E-state index contributed by atoms with van der Waals surface area (Å²) >= 11 is 0. The van der Waals surface area contributed by atoms with Crippen molar-refractivity contribution in [2.45, 2.75) is 6.42 Å². The molecule has 4 nitrogen and oxygen atoms in total. The van der Waals surface area contributed by atoms with Crippen LogP contribution in [0.3, 0.4) is 0 Å². The predicted molar refractivity (Wildman–Crippen MR) is 45.6 cm³/mol. The molecule has 0 unspecified atom stereocenters. The van der Waals surface area contributed by atoms with Crippen molar-refractivity contribution >= 4 is 5.84 Å². The number of nitrogens with zero attached hydrogens (tertiary/aromatic N) is 3. The Morgan fingerprint density at radius 1 is 1.50 bits per heavy atom. The minimum absolute atomic E-state index is 0.460. The summed E-state index contributed by atoms with van der Waals surface area (Å²) in [6.45, 7) is 3.74. The lowest BCUT2D eigenvalue weighted by Gasteiger charge is -2.12. The molecule has 60 valence electrons. The minimum Gasteiger partial charge on any atom is -0.383 e. The molecule has 0 atom stereocenters. The van der Waals surface area contributed by atoms with Crippen LogP contribution in [0.15, 0.2) is 29.8 Å². The van der Waals surface area contributed by atoms with Gasteiger partial charge < -0.3 is 5.73 Å². The Hall–Kier alpha value is -1.71. The van der Waals surface area contributed by atoms with E-state index in [4.69, 9.17) is 5.73 Å². The molecule has 0 saturated heterocycles. The van der Waals surface area contributed by atoms with Gasteiger partial charge in [-0.25, -0.2) is 15.0 Å². The number of nitrogens with two attached hydrogens (primary N) is 1. The van der Waals surface area contributed by atoms with Crippen LogP contribution in [0.1, 0.15) is 11.3 Å². The minimum atomic E-state index is 0.460. The first-order valence-electron chi connectivity index (χ1n) is 3.58. The van der Waals surface area contributed by atoms with Gasteiger partial charge in [-0.3, -0.25) is 0 Å². The molecule has 0 saturated carbocycles. The standard InChI is InChI=1S/C8H8N4/c1-5-2-7-6(8(9)12-5)3-10-4-11-7/h3-4H,1-2H2,(H2,9,12). The van der Waals surface area contributed by atoms with Crippen molar-refractivity contribution in [2.75, 3.05) is 0 Å². The number of fused-ring (bicyclic) bond motifs is 1. The van der Waals surface area contributed by atoms with Crippen molar-refractivity contribution in [3.63, 3.8) is 0 Å². The Bertz CT molecular complexity index is 367. The van der Waals surface area contributed by atoms with Crippen LogP contribution < -0.4 is 5.73 Å². The molecule has 2 N–H and O–H groups in total. The van der Waals surface area contributed by atoms with Crippen molar-refractivity contribution in [3.8, 4) is 0 Å². The van der Waals surface area contributed by atoms with Gasteiger partial charge in [0.15, 0.2) is 0 Å². The zero-order valence-electron chi connectivity index (χ0n) is 6.49. The molecular weight excluding hydrogens is 152 g/mol. The Labute approximate surface area is 69.9 Å². The van der Waals surface area contributed by atoms with E-state index in [0.29, 0.717) is 12.3 Å². The molecule has 1 aliphatic heterocycles. The lowest BCUT2D eigenvalue weighted by Crippen LogP contribution is -2.21. The van der Waals surface area contributed by atoms with E-state index in [1.807, 2.05) is 0 Å². The molecule has 0 aliphatic carbocycles. The number of rotatable bonds is 0. The van der Waals surface area contributed by atoms with E-state index in [2.05, 4.69) is 21.5 Å². The van der Waals surface area contributed by atoms with Gasteiger partial charge in [-0.1, -0.05) is 6.58 Å². The van der Waals surface area contributed by atoms with Crippen molar-refractivity contribution in [1.82, 2.24) is 9.97 Å². The molecule has 2 heterocycles. The van der Waals surface area contributed by atoms with E-state index in [0.717, 1.165) is 17.0 Å². The van der Waals surface area contributed by atoms with Gasteiger partial charge in [0, 0.05) is 18.3 Å². The normalized spacial score (nSPS) is 15.3. The highest BCUT2D eigenvalue weighted by atomic mass is 14.9. The Kier molecular flexibility index (Phi) is 1.40. The summed E-state index contributed by atoms with van der Waals surface area (Å²) in [4.78, 5) is 12.0. The van der Waals surface area contributed by atoms with E-state index in [9.17, 15) is 0 Å². The Morgan fingerprint density at radius 3 is 3.17 bits per heavy atom. The van der Waals surface area contributed by atoms with Crippen LogP contribution in [-0.2, 0) is 6.42 Å². The highest BCUT2D eigenvalue weighted by Crippen LogP contribution is 2.15. The first-order chi connectivity index (χ1) is 5.77. The molecule has 0 aromatic carbocycles. The van der Waals surface area contributed by atoms with Gasteiger partial charge in [0.25, 0.3) is 0 Å². The van der Waals surface area contributed by atoms with Gasteiger partial charge in [-0.15, -0.1) is 0 Å². The summed E-state index contributed by atoms with van der Waals surface area (Å²) in [5, 5.41) is 0. The topological polar surface area (TPSA) is 64.2 Å². The summed E-state index contributed by atoms with van der Waals surface area (Å²) in [5.41, 5.74) is 8.12.